The topological polar surface area (TPSA) is 132 Å². The first kappa shape index (κ1) is 17.9. The molecular weight excluding hydrogens is 312 g/mol. The van der Waals surface area contributed by atoms with Crippen molar-refractivity contribution in [2.45, 2.75) is 6.54 Å². The maximum Gasteiger partial charge on any atom is 0.147 e. The minimum absolute atomic E-state index is 0.0265. The molecule has 0 spiro atoms. The number of nitrogens with two attached hydrogens (primary N) is 1. The molecule has 1 heterocycles. The Bertz CT molecular complexity index is 610. The van der Waals surface area contributed by atoms with Gasteiger partial charge in [-0.15, -0.1) is 0 Å². The molecule has 0 amide bonds. The second-order valence-corrected chi connectivity index (χ2v) is 5.12. The van der Waals surface area contributed by atoms with Crippen LogP contribution in [0.1, 0.15) is 0 Å². The zero-order chi connectivity index (χ0) is 17.4. The van der Waals surface area contributed by atoms with E-state index in [0.29, 0.717) is 31.1 Å². The van der Waals surface area contributed by atoms with Crippen molar-refractivity contribution < 1.29 is 15.3 Å². The van der Waals surface area contributed by atoms with E-state index in [1.165, 1.54) is 4.68 Å². The Labute approximate surface area is 140 Å². The molecule has 1 aromatic carbocycles. The minimum atomic E-state index is -0.0294. The molecule has 9 heteroatoms. The fraction of sp³-hybridized carbons (Fsp3) is 0.400. The van der Waals surface area contributed by atoms with Gasteiger partial charge in [0.1, 0.15) is 11.5 Å². The Kier molecular flexibility index (Phi) is 6.67. The van der Waals surface area contributed by atoms with E-state index in [4.69, 9.17) is 21.1 Å². The van der Waals surface area contributed by atoms with Gasteiger partial charge in [-0.3, -0.25) is 5.43 Å². The van der Waals surface area contributed by atoms with Crippen LogP contribution in [-0.4, -0.2) is 58.0 Å². The van der Waals surface area contributed by atoms with E-state index in [1.807, 2.05) is 29.2 Å². The number of hydrazine groups is 1. The van der Waals surface area contributed by atoms with Crippen LogP contribution in [0.3, 0.4) is 0 Å². The molecule has 0 aliphatic carbocycles. The van der Waals surface area contributed by atoms with Crippen LogP contribution in [0.15, 0.2) is 30.5 Å². The van der Waals surface area contributed by atoms with Crippen molar-refractivity contribution in [2.24, 2.45) is 0 Å². The summed E-state index contributed by atoms with van der Waals surface area (Å²) in [6, 6.07) is 7.54. The Morgan fingerprint density at radius 3 is 2.25 bits per heavy atom. The molecule has 2 aromatic rings. The van der Waals surface area contributed by atoms with Gasteiger partial charge in [0.15, 0.2) is 0 Å². The quantitative estimate of drug-likeness (QED) is 0.326. The zero-order valence-electron chi connectivity index (χ0n) is 13.4. The summed E-state index contributed by atoms with van der Waals surface area (Å²) in [4.78, 5) is 1.90. The Morgan fingerprint density at radius 2 is 1.67 bits per heavy atom. The number of aliphatic hydroxyl groups is 3. The predicted molar refractivity (Wildman–Crippen MR) is 93.8 cm³/mol. The number of aromatic nitrogens is 2. The summed E-state index contributed by atoms with van der Waals surface area (Å²) >= 11 is 0. The first-order valence-corrected chi connectivity index (χ1v) is 7.70. The fourth-order valence-electron chi connectivity index (χ4n) is 2.27. The molecule has 1 aromatic heterocycles. The van der Waals surface area contributed by atoms with Gasteiger partial charge in [-0.1, -0.05) is 0 Å². The number of benzene rings is 1. The largest absolute Gasteiger partial charge is 0.395 e. The Morgan fingerprint density at radius 1 is 1.00 bits per heavy atom. The summed E-state index contributed by atoms with van der Waals surface area (Å²) in [7, 11) is 0. The van der Waals surface area contributed by atoms with E-state index in [0.717, 1.165) is 11.4 Å². The normalized spacial score (nSPS) is 10.6. The van der Waals surface area contributed by atoms with Crippen LogP contribution in [0.4, 0.5) is 22.9 Å². The highest BCUT2D eigenvalue weighted by Crippen LogP contribution is 2.20. The minimum Gasteiger partial charge on any atom is -0.395 e. The van der Waals surface area contributed by atoms with Crippen LogP contribution in [0, 0.1) is 0 Å². The number of nitrogens with one attached hydrogen (secondary N) is 2. The van der Waals surface area contributed by atoms with Crippen LogP contribution in [0.2, 0.25) is 0 Å². The molecule has 2 rings (SSSR count). The molecular formula is C15H24N6O3. The van der Waals surface area contributed by atoms with E-state index in [1.54, 1.807) is 6.20 Å². The van der Waals surface area contributed by atoms with Crippen molar-refractivity contribution in [2.75, 3.05) is 54.4 Å². The number of aliphatic hydroxyl groups excluding tert-OH is 3. The molecule has 0 atom stereocenters. The second-order valence-electron chi connectivity index (χ2n) is 5.12. The summed E-state index contributed by atoms with van der Waals surface area (Å²) in [6.07, 6.45) is 1.58. The Balaban J connectivity index is 1.96. The third kappa shape index (κ3) is 4.51. The van der Waals surface area contributed by atoms with Gasteiger partial charge >= 0.3 is 0 Å². The molecule has 0 fully saturated rings. The predicted octanol–water partition coefficient (Wildman–Crippen LogP) is -0.312. The van der Waals surface area contributed by atoms with E-state index >= 15 is 0 Å². The number of anilines is 4. The molecule has 7 N–H and O–H groups in total. The second kappa shape index (κ2) is 8.96. The summed E-state index contributed by atoms with van der Waals surface area (Å²) in [6.45, 7) is 1.29. The van der Waals surface area contributed by atoms with E-state index in [2.05, 4.69) is 16.0 Å². The molecule has 0 bridgehead atoms. The molecule has 24 heavy (non-hydrogen) atoms. The lowest BCUT2D eigenvalue weighted by Gasteiger charge is -2.23. The lowest BCUT2D eigenvalue weighted by atomic mass is 10.2. The lowest BCUT2D eigenvalue weighted by molar-refractivity contribution is 0.270. The van der Waals surface area contributed by atoms with Gasteiger partial charge < -0.3 is 31.4 Å². The molecule has 0 saturated heterocycles. The van der Waals surface area contributed by atoms with Crippen molar-refractivity contribution in [3.63, 3.8) is 0 Å². The SMILES string of the molecule is Nc1c(NNc2ccc(N(CCO)CCO)cc2)cnn1CCO. The van der Waals surface area contributed by atoms with Gasteiger partial charge in [0.05, 0.1) is 38.2 Å². The van der Waals surface area contributed by atoms with Crippen molar-refractivity contribution >= 4 is 22.9 Å². The summed E-state index contributed by atoms with van der Waals surface area (Å²) in [5.41, 5.74) is 14.3. The Hall–Kier alpha value is -2.49. The molecule has 9 nitrogen and oxygen atoms in total. The number of rotatable bonds is 10. The zero-order valence-corrected chi connectivity index (χ0v) is 13.4. The first-order valence-electron chi connectivity index (χ1n) is 7.70. The van der Waals surface area contributed by atoms with Crippen LogP contribution < -0.4 is 21.5 Å². The average Bonchev–Trinajstić information content (AvgIpc) is 2.94. The first-order chi connectivity index (χ1) is 11.7. The van der Waals surface area contributed by atoms with Crippen LogP contribution in [0.5, 0.6) is 0 Å². The summed E-state index contributed by atoms with van der Waals surface area (Å²) in [5.74, 6) is 0.435. The van der Waals surface area contributed by atoms with Crippen LogP contribution in [0.25, 0.3) is 0 Å². The molecule has 0 radical (unpaired) electrons. The van der Waals surface area contributed by atoms with Crippen molar-refractivity contribution in [3.05, 3.63) is 30.5 Å². The standard InChI is InChI=1S/C15H24N6O3/c16-15-14(11-17-21(15)7-10-24)19-18-12-1-3-13(4-2-12)20(5-8-22)6-9-23/h1-4,11,18-19,22-24H,5-10,16H2. The summed E-state index contributed by atoms with van der Waals surface area (Å²) < 4.78 is 1.51. The van der Waals surface area contributed by atoms with Gasteiger partial charge in [0.25, 0.3) is 0 Å². The summed E-state index contributed by atoms with van der Waals surface area (Å²) in [5, 5.41) is 31.1. The number of hydrogen-bond donors (Lipinski definition) is 6. The highest BCUT2D eigenvalue weighted by Gasteiger charge is 2.07. The molecule has 132 valence electrons. The van der Waals surface area contributed by atoms with Crippen LogP contribution in [-0.2, 0) is 6.54 Å². The van der Waals surface area contributed by atoms with E-state index < -0.39 is 0 Å². The van der Waals surface area contributed by atoms with Crippen molar-refractivity contribution in [1.29, 1.82) is 0 Å². The molecule has 0 saturated carbocycles. The highest BCUT2D eigenvalue weighted by atomic mass is 16.3. The molecule has 0 unspecified atom stereocenters. The van der Waals surface area contributed by atoms with Gasteiger partial charge in [0.2, 0.25) is 0 Å². The van der Waals surface area contributed by atoms with Gasteiger partial charge in [-0.05, 0) is 24.3 Å². The average molecular weight is 336 g/mol. The monoisotopic (exact) mass is 336 g/mol. The number of hydrogen-bond acceptors (Lipinski definition) is 8. The molecule has 0 aliphatic heterocycles. The highest BCUT2D eigenvalue weighted by molar-refractivity contribution is 5.65. The van der Waals surface area contributed by atoms with E-state index in [-0.39, 0.29) is 19.8 Å². The van der Waals surface area contributed by atoms with Crippen molar-refractivity contribution in [3.8, 4) is 0 Å². The third-order valence-electron chi connectivity index (χ3n) is 3.51. The van der Waals surface area contributed by atoms with Gasteiger partial charge in [-0.25, -0.2) is 4.68 Å². The maximum absolute atomic E-state index is 9.07. The number of nitrogen functional groups attached to an aromatic ring is 1. The van der Waals surface area contributed by atoms with Gasteiger partial charge in [0, 0.05) is 18.8 Å². The lowest BCUT2D eigenvalue weighted by Crippen LogP contribution is -2.29. The van der Waals surface area contributed by atoms with Crippen molar-refractivity contribution in [1.82, 2.24) is 9.78 Å². The number of nitrogens with zero attached hydrogens (tertiary/aromatic N) is 3. The van der Waals surface area contributed by atoms with E-state index in [9.17, 15) is 0 Å². The smallest absolute Gasteiger partial charge is 0.147 e. The van der Waals surface area contributed by atoms with Crippen LogP contribution >= 0.6 is 0 Å². The molecule has 0 aliphatic rings. The maximum atomic E-state index is 9.07. The fourth-order valence-corrected chi connectivity index (χ4v) is 2.27. The third-order valence-corrected chi connectivity index (χ3v) is 3.51. The van der Waals surface area contributed by atoms with Gasteiger partial charge in [-0.2, -0.15) is 5.10 Å².